The van der Waals surface area contributed by atoms with E-state index >= 15 is 0 Å². The van der Waals surface area contributed by atoms with Gasteiger partial charge in [-0.05, 0) is 43.7 Å². The SMILES string of the molecule is CC.Cc1cnc2ccc(N3CC[C@H](NC(=O)c4cccc(=O)[nH]4)C3)nn12.Fc1ccccc1. The maximum atomic E-state index is 12.3. The van der Waals surface area contributed by atoms with Crippen LogP contribution >= 0.6 is 0 Å². The molecule has 1 aromatic carbocycles. The number of benzene rings is 1. The van der Waals surface area contributed by atoms with Crippen molar-refractivity contribution in [2.75, 3.05) is 18.0 Å². The Kier molecular flexibility index (Phi) is 8.50. The second-order valence-electron chi connectivity index (χ2n) is 7.49. The van der Waals surface area contributed by atoms with Gasteiger partial charge >= 0.3 is 0 Å². The van der Waals surface area contributed by atoms with Crippen molar-refractivity contribution in [3.63, 3.8) is 0 Å². The van der Waals surface area contributed by atoms with Crippen molar-refractivity contribution in [3.8, 4) is 0 Å². The van der Waals surface area contributed by atoms with E-state index in [9.17, 15) is 14.0 Å². The predicted octanol–water partition coefficient (Wildman–Crippen LogP) is 3.59. The van der Waals surface area contributed by atoms with E-state index in [4.69, 9.17) is 0 Å². The number of nitrogens with one attached hydrogen (secondary N) is 2. The van der Waals surface area contributed by atoms with Crippen LogP contribution in [0.15, 0.2) is 71.7 Å². The van der Waals surface area contributed by atoms with E-state index in [1.54, 1.807) is 36.5 Å². The van der Waals surface area contributed by atoms with Gasteiger partial charge in [0.25, 0.3) is 5.91 Å². The Bertz CT molecular complexity index is 1270. The Labute approximate surface area is 197 Å². The van der Waals surface area contributed by atoms with Crippen LogP contribution in [0, 0.1) is 12.7 Å². The summed E-state index contributed by atoms with van der Waals surface area (Å²) in [5, 5.41) is 7.59. The molecule has 178 valence electrons. The molecule has 34 heavy (non-hydrogen) atoms. The highest BCUT2D eigenvalue weighted by Gasteiger charge is 2.25. The number of halogens is 1. The Morgan fingerprint density at radius 2 is 1.85 bits per heavy atom. The Morgan fingerprint density at radius 1 is 1.09 bits per heavy atom. The van der Waals surface area contributed by atoms with Crippen molar-refractivity contribution in [2.45, 2.75) is 33.2 Å². The molecule has 2 N–H and O–H groups in total. The Hall–Kier alpha value is -4.01. The number of imidazole rings is 1. The number of fused-ring (bicyclic) bond motifs is 1. The van der Waals surface area contributed by atoms with Crippen LogP contribution in [0.5, 0.6) is 0 Å². The van der Waals surface area contributed by atoms with Gasteiger partial charge in [-0.15, -0.1) is 5.10 Å². The van der Waals surface area contributed by atoms with E-state index in [1.165, 1.54) is 18.2 Å². The molecule has 1 atom stereocenters. The van der Waals surface area contributed by atoms with E-state index in [0.717, 1.165) is 30.1 Å². The summed E-state index contributed by atoms with van der Waals surface area (Å²) in [5.41, 5.74) is 1.79. The minimum atomic E-state index is -0.283. The normalized spacial score (nSPS) is 14.6. The Balaban J connectivity index is 0.000000306. The summed E-state index contributed by atoms with van der Waals surface area (Å²) in [6.07, 6.45) is 2.62. The number of hydrogen-bond acceptors (Lipinski definition) is 5. The third kappa shape index (κ3) is 6.28. The molecule has 4 aromatic rings. The van der Waals surface area contributed by atoms with Gasteiger partial charge in [-0.2, -0.15) is 0 Å². The van der Waals surface area contributed by atoms with Gasteiger partial charge in [0.15, 0.2) is 5.65 Å². The summed E-state index contributed by atoms with van der Waals surface area (Å²) in [5.74, 6) is 0.416. The second kappa shape index (κ2) is 11.7. The number of aromatic nitrogens is 4. The Morgan fingerprint density at radius 3 is 2.53 bits per heavy atom. The first kappa shape index (κ1) is 24.6. The van der Waals surface area contributed by atoms with Crippen molar-refractivity contribution in [1.29, 1.82) is 0 Å². The summed E-state index contributed by atoms with van der Waals surface area (Å²) >= 11 is 0. The van der Waals surface area contributed by atoms with Gasteiger partial charge in [0.05, 0.1) is 11.9 Å². The molecule has 1 fully saturated rings. The molecule has 1 saturated heterocycles. The molecule has 0 spiro atoms. The first-order valence-electron chi connectivity index (χ1n) is 11.3. The summed E-state index contributed by atoms with van der Waals surface area (Å²) in [4.78, 5) is 32.5. The minimum absolute atomic E-state index is 0.0117. The van der Waals surface area contributed by atoms with Crippen molar-refractivity contribution in [2.24, 2.45) is 0 Å². The van der Waals surface area contributed by atoms with Gasteiger partial charge in [-0.25, -0.2) is 13.9 Å². The molecule has 0 bridgehead atoms. The number of aromatic amines is 1. The highest BCUT2D eigenvalue weighted by Crippen LogP contribution is 2.19. The van der Waals surface area contributed by atoms with Gasteiger partial charge in [-0.3, -0.25) is 9.59 Å². The summed E-state index contributed by atoms with van der Waals surface area (Å²) in [6.45, 7) is 7.45. The smallest absolute Gasteiger partial charge is 0.268 e. The van der Waals surface area contributed by atoms with E-state index in [0.29, 0.717) is 6.54 Å². The number of pyridine rings is 1. The number of carbonyl (C=O) groups is 1. The average molecular weight is 465 g/mol. The van der Waals surface area contributed by atoms with Gasteiger partial charge in [0, 0.05) is 25.2 Å². The first-order valence-corrected chi connectivity index (χ1v) is 11.3. The van der Waals surface area contributed by atoms with Gasteiger partial charge in [0.1, 0.15) is 17.3 Å². The minimum Gasteiger partial charge on any atom is -0.353 e. The van der Waals surface area contributed by atoms with Crippen molar-refractivity contribution in [3.05, 3.63) is 94.4 Å². The first-order chi connectivity index (χ1) is 16.5. The molecule has 4 heterocycles. The number of anilines is 1. The third-order valence-electron chi connectivity index (χ3n) is 5.11. The fourth-order valence-corrected chi connectivity index (χ4v) is 3.49. The van der Waals surface area contributed by atoms with E-state index in [1.807, 2.05) is 37.4 Å². The molecular formula is C25H29FN6O2. The molecule has 9 heteroatoms. The summed E-state index contributed by atoms with van der Waals surface area (Å²) < 4.78 is 13.7. The zero-order valence-electron chi connectivity index (χ0n) is 19.5. The van der Waals surface area contributed by atoms with Crippen LogP contribution in [0.1, 0.15) is 36.5 Å². The molecule has 0 saturated carbocycles. The average Bonchev–Trinajstić information content (AvgIpc) is 3.48. The van der Waals surface area contributed by atoms with Crippen LogP contribution in [0.25, 0.3) is 5.65 Å². The quantitative estimate of drug-likeness (QED) is 0.483. The molecule has 8 nitrogen and oxygen atoms in total. The van der Waals surface area contributed by atoms with E-state index in [-0.39, 0.29) is 29.0 Å². The van der Waals surface area contributed by atoms with Crippen LogP contribution < -0.4 is 15.8 Å². The molecule has 3 aromatic heterocycles. The maximum Gasteiger partial charge on any atom is 0.268 e. The molecule has 5 rings (SSSR count). The van der Waals surface area contributed by atoms with E-state index in [2.05, 4.69) is 25.3 Å². The molecule has 1 aliphatic rings. The lowest BCUT2D eigenvalue weighted by molar-refractivity contribution is 0.0935. The lowest BCUT2D eigenvalue weighted by Gasteiger charge is -2.18. The highest BCUT2D eigenvalue weighted by molar-refractivity contribution is 5.92. The molecule has 0 radical (unpaired) electrons. The highest BCUT2D eigenvalue weighted by atomic mass is 19.1. The largest absolute Gasteiger partial charge is 0.353 e. The van der Waals surface area contributed by atoms with Crippen molar-refractivity contribution >= 4 is 17.4 Å². The fraction of sp³-hybridized carbons (Fsp3) is 0.280. The molecule has 0 aliphatic carbocycles. The van der Waals surface area contributed by atoms with E-state index < -0.39 is 0 Å². The zero-order chi connectivity index (χ0) is 24.5. The van der Waals surface area contributed by atoms with Crippen LogP contribution in [-0.2, 0) is 0 Å². The second-order valence-corrected chi connectivity index (χ2v) is 7.49. The lowest BCUT2D eigenvalue weighted by Crippen LogP contribution is -2.38. The number of carbonyl (C=O) groups excluding carboxylic acids is 1. The monoisotopic (exact) mass is 464 g/mol. The number of hydrogen-bond donors (Lipinski definition) is 2. The topological polar surface area (TPSA) is 95.4 Å². The lowest BCUT2D eigenvalue weighted by atomic mass is 10.2. The van der Waals surface area contributed by atoms with Crippen molar-refractivity contribution < 1.29 is 9.18 Å². The molecular weight excluding hydrogens is 435 g/mol. The van der Waals surface area contributed by atoms with Crippen molar-refractivity contribution in [1.82, 2.24) is 24.9 Å². The van der Waals surface area contributed by atoms with Gasteiger partial charge < -0.3 is 15.2 Å². The molecule has 0 unspecified atom stereocenters. The van der Waals surface area contributed by atoms with Crippen LogP contribution in [-0.4, -0.2) is 44.6 Å². The standard InChI is InChI=1S/C17H18N6O2.C6H5F.C2H6/c1-11-9-18-14-5-6-15(21-23(11)14)22-8-7-12(10-22)19-17(25)13-3-2-4-16(24)20-13;7-6-4-2-1-3-5-6;1-2/h2-6,9,12H,7-8,10H2,1H3,(H,19,25)(H,20,24);1-5H;1-2H3/t12-;;/m0../s1. The maximum absolute atomic E-state index is 12.3. The number of H-pyrrole nitrogens is 1. The number of nitrogens with zero attached hydrogens (tertiary/aromatic N) is 4. The van der Waals surface area contributed by atoms with Gasteiger partial charge in [0.2, 0.25) is 5.56 Å². The zero-order valence-corrected chi connectivity index (χ0v) is 19.5. The summed E-state index contributed by atoms with van der Waals surface area (Å²) in [7, 11) is 0. The van der Waals surface area contributed by atoms with Crippen LogP contribution in [0.3, 0.4) is 0 Å². The fourth-order valence-electron chi connectivity index (χ4n) is 3.49. The predicted molar refractivity (Wildman–Crippen MR) is 131 cm³/mol. The molecule has 1 aliphatic heterocycles. The molecule has 1 amide bonds. The van der Waals surface area contributed by atoms with Gasteiger partial charge in [-0.1, -0.05) is 38.1 Å². The third-order valence-corrected chi connectivity index (χ3v) is 5.11. The summed E-state index contributed by atoms with van der Waals surface area (Å²) in [6, 6.07) is 16.4. The number of rotatable bonds is 3. The van der Waals surface area contributed by atoms with Crippen LogP contribution in [0.4, 0.5) is 10.2 Å². The number of amides is 1. The number of aryl methyl sites for hydroxylation is 1. The van der Waals surface area contributed by atoms with Crippen LogP contribution in [0.2, 0.25) is 0 Å².